The second-order valence-corrected chi connectivity index (χ2v) is 7.50. The van der Waals surface area contributed by atoms with E-state index in [9.17, 15) is 4.79 Å². The van der Waals surface area contributed by atoms with Gasteiger partial charge in [0.1, 0.15) is 0 Å². The summed E-state index contributed by atoms with van der Waals surface area (Å²) in [5, 5.41) is 6.46. The first-order valence-corrected chi connectivity index (χ1v) is 9.39. The fourth-order valence-corrected chi connectivity index (χ4v) is 3.54. The smallest absolute Gasteiger partial charge is 0.255 e. The summed E-state index contributed by atoms with van der Waals surface area (Å²) in [6, 6.07) is 14.2. The zero-order valence-electron chi connectivity index (χ0n) is 16.0. The zero-order chi connectivity index (χ0) is 18.5. The number of carbonyl (C=O) groups excluding carboxylic acids is 1. The molecule has 0 aliphatic carbocycles. The molecule has 1 unspecified atom stereocenters. The van der Waals surface area contributed by atoms with Crippen molar-refractivity contribution in [3.8, 4) is 0 Å². The molecule has 1 aliphatic heterocycles. The van der Waals surface area contributed by atoms with Crippen molar-refractivity contribution in [2.75, 3.05) is 32.5 Å². The predicted molar refractivity (Wildman–Crippen MR) is 108 cm³/mol. The van der Waals surface area contributed by atoms with E-state index in [1.807, 2.05) is 24.3 Å². The summed E-state index contributed by atoms with van der Waals surface area (Å²) >= 11 is 0. The molecule has 3 rings (SSSR count). The molecule has 0 saturated carbocycles. The van der Waals surface area contributed by atoms with Gasteiger partial charge in [0.25, 0.3) is 5.91 Å². The third-order valence-corrected chi connectivity index (χ3v) is 5.03. The van der Waals surface area contributed by atoms with Crippen molar-refractivity contribution in [1.82, 2.24) is 10.2 Å². The van der Waals surface area contributed by atoms with E-state index in [0.29, 0.717) is 11.5 Å². The van der Waals surface area contributed by atoms with E-state index in [1.165, 1.54) is 29.5 Å². The molecule has 0 spiro atoms. The van der Waals surface area contributed by atoms with Crippen molar-refractivity contribution in [1.29, 1.82) is 0 Å². The monoisotopic (exact) mass is 351 g/mol. The SMILES string of the molecule is Cc1cc(NC(=O)c2ccc(C3CCCNC3)cc2)ccc1CN(C)C. The molecule has 2 N–H and O–H groups in total. The lowest BCUT2D eigenvalue weighted by Gasteiger charge is -2.23. The lowest BCUT2D eigenvalue weighted by atomic mass is 9.91. The number of benzene rings is 2. The Labute approximate surface area is 156 Å². The van der Waals surface area contributed by atoms with Gasteiger partial charge in [0.2, 0.25) is 0 Å². The third-order valence-electron chi connectivity index (χ3n) is 5.03. The second kappa shape index (κ2) is 8.47. The minimum atomic E-state index is -0.0573. The van der Waals surface area contributed by atoms with Crippen LogP contribution in [0, 0.1) is 6.92 Å². The van der Waals surface area contributed by atoms with Crippen LogP contribution in [0.5, 0.6) is 0 Å². The molecular formula is C22H29N3O. The van der Waals surface area contributed by atoms with Crippen LogP contribution >= 0.6 is 0 Å². The largest absolute Gasteiger partial charge is 0.322 e. The molecule has 4 heteroatoms. The summed E-state index contributed by atoms with van der Waals surface area (Å²) in [4.78, 5) is 14.7. The first-order chi connectivity index (χ1) is 12.5. The molecule has 0 bridgehead atoms. The molecule has 1 atom stereocenters. The first kappa shape index (κ1) is 18.6. The van der Waals surface area contributed by atoms with Gasteiger partial charge in [-0.1, -0.05) is 18.2 Å². The number of amides is 1. The standard InChI is InChI=1S/C22H29N3O/c1-16-13-21(11-10-20(16)15-25(2)3)24-22(26)18-8-6-17(7-9-18)19-5-4-12-23-14-19/h6-11,13,19,23H,4-5,12,14-15H2,1-3H3,(H,24,26). The second-order valence-electron chi connectivity index (χ2n) is 7.50. The number of hydrogen-bond acceptors (Lipinski definition) is 3. The fourth-order valence-electron chi connectivity index (χ4n) is 3.54. The summed E-state index contributed by atoms with van der Waals surface area (Å²) < 4.78 is 0. The molecule has 0 radical (unpaired) electrons. The number of carbonyl (C=O) groups is 1. The van der Waals surface area contributed by atoms with Crippen LogP contribution in [0.4, 0.5) is 5.69 Å². The maximum atomic E-state index is 12.5. The van der Waals surface area contributed by atoms with E-state index in [-0.39, 0.29) is 5.91 Å². The molecular weight excluding hydrogens is 322 g/mol. The van der Waals surface area contributed by atoms with Gasteiger partial charge in [-0.2, -0.15) is 0 Å². The summed E-state index contributed by atoms with van der Waals surface area (Å²) in [6.45, 7) is 5.13. The highest BCUT2D eigenvalue weighted by Crippen LogP contribution is 2.24. The molecule has 1 fully saturated rings. The Balaban J connectivity index is 1.65. The average molecular weight is 351 g/mol. The minimum Gasteiger partial charge on any atom is -0.322 e. The maximum absolute atomic E-state index is 12.5. The Morgan fingerprint density at radius 1 is 1.19 bits per heavy atom. The van der Waals surface area contributed by atoms with Gasteiger partial charge in [0, 0.05) is 24.3 Å². The van der Waals surface area contributed by atoms with Crippen LogP contribution in [0.1, 0.15) is 45.8 Å². The lowest BCUT2D eigenvalue weighted by Crippen LogP contribution is -2.28. The highest BCUT2D eigenvalue weighted by molar-refractivity contribution is 6.04. The van der Waals surface area contributed by atoms with Crippen LogP contribution in [0.15, 0.2) is 42.5 Å². The van der Waals surface area contributed by atoms with Crippen LogP contribution in [-0.4, -0.2) is 38.0 Å². The molecule has 1 heterocycles. The number of nitrogens with zero attached hydrogens (tertiary/aromatic N) is 1. The Hall–Kier alpha value is -2.17. The van der Waals surface area contributed by atoms with E-state index >= 15 is 0 Å². The van der Waals surface area contributed by atoms with Gasteiger partial charge in [-0.05, 0) is 87.3 Å². The van der Waals surface area contributed by atoms with Crippen molar-refractivity contribution in [2.24, 2.45) is 0 Å². The molecule has 2 aromatic carbocycles. The Morgan fingerprint density at radius 2 is 1.96 bits per heavy atom. The molecule has 1 saturated heterocycles. The molecule has 2 aromatic rings. The summed E-state index contributed by atoms with van der Waals surface area (Å²) in [5.74, 6) is 0.505. The highest BCUT2D eigenvalue weighted by Gasteiger charge is 2.15. The van der Waals surface area contributed by atoms with E-state index in [4.69, 9.17) is 0 Å². The van der Waals surface area contributed by atoms with E-state index < -0.39 is 0 Å². The number of anilines is 1. The van der Waals surface area contributed by atoms with Crippen LogP contribution in [0.25, 0.3) is 0 Å². The number of rotatable bonds is 5. The topological polar surface area (TPSA) is 44.4 Å². The quantitative estimate of drug-likeness (QED) is 0.862. The number of nitrogens with one attached hydrogen (secondary N) is 2. The fraction of sp³-hybridized carbons (Fsp3) is 0.409. The first-order valence-electron chi connectivity index (χ1n) is 9.39. The van der Waals surface area contributed by atoms with Crippen molar-refractivity contribution in [3.63, 3.8) is 0 Å². The van der Waals surface area contributed by atoms with Gasteiger partial charge >= 0.3 is 0 Å². The normalized spacial score (nSPS) is 17.3. The van der Waals surface area contributed by atoms with Gasteiger partial charge in [0.15, 0.2) is 0 Å². The lowest BCUT2D eigenvalue weighted by molar-refractivity contribution is 0.102. The molecule has 1 aliphatic rings. The molecule has 1 amide bonds. The van der Waals surface area contributed by atoms with Crippen LogP contribution in [-0.2, 0) is 6.54 Å². The van der Waals surface area contributed by atoms with Gasteiger partial charge in [-0.25, -0.2) is 0 Å². The van der Waals surface area contributed by atoms with Gasteiger partial charge in [-0.3, -0.25) is 4.79 Å². The number of aryl methyl sites for hydroxylation is 1. The zero-order valence-corrected chi connectivity index (χ0v) is 16.0. The van der Waals surface area contributed by atoms with E-state index in [2.05, 4.69) is 54.8 Å². The Bertz CT molecular complexity index is 746. The Morgan fingerprint density at radius 3 is 2.58 bits per heavy atom. The van der Waals surface area contributed by atoms with Crippen LogP contribution in [0.2, 0.25) is 0 Å². The maximum Gasteiger partial charge on any atom is 0.255 e. The minimum absolute atomic E-state index is 0.0573. The summed E-state index contributed by atoms with van der Waals surface area (Å²) in [5.41, 5.74) is 5.33. The Kier molecular flexibility index (Phi) is 6.07. The highest BCUT2D eigenvalue weighted by atomic mass is 16.1. The molecule has 26 heavy (non-hydrogen) atoms. The average Bonchev–Trinajstić information content (AvgIpc) is 2.64. The predicted octanol–water partition coefficient (Wildman–Crippen LogP) is 3.78. The van der Waals surface area contributed by atoms with Crippen molar-refractivity contribution in [2.45, 2.75) is 32.2 Å². The van der Waals surface area contributed by atoms with Crippen molar-refractivity contribution < 1.29 is 4.79 Å². The van der Waals surface area contributed by atoms with E-state index in [0.717, 1.165) is 25.3 Å². The number of hydrogen-bond donors (Lipinski definition) is 2. The van der Waals surface area contributed by atoms with Crippen LogP contribution in [0.3, 0.4) is 0 Å². The van der Waals surface area contributed by atoms with Crippen molar-refractivity contribution >= 4 is 11.6 Å². The summed E-state index contributed by atoms with van der Waals surface area (Å²) in [7, 11) is 4.12. The van der Waals surface area contributed by atoms with Crippen LogP contribution < -0.4 is 10.6 Å². The van der Waals surface area contributed by atoms with E-state index in [1.54, 1.807) is 0 Å². The van der Waals surface area contributed by atoms with Gasteiger partial charge in [-0.15, -0.1) is 0 Å². The van der Waals surface area contributed by atoms with Gasteiger partial charge < -0.3 is 15.5 Å². The van der Waals surface area contributed by atoms with Gasteiger partial charge in [0.05, 0.1) is 0 Å². The number of piperidine rings is 1. The third kappa shape index (κ3) is 4.71. The molecule has 0 aromatic heterocycles. The molecule has 138 valence electrons. The summed E-state index contributed by atoms with van der Waals surface area (Å²) in [6.07, 6.45) is 2.44. The molecule has 4 nitrogen and oxygen atoms in total. The van der Waals surface area contributed by atoms with Crippen molar-refractivity contribution in [3.05, 3.63) is 64.7 Å².